The highest BCUT2D eigenvalue weighted by Crippen LogP contribution is 2.25. The summed E-state index contributed by atoms with van der Waals surface area (Å²) in [4.78, 5) is 0. The summed E-state index contributed by atoms with van der Waals surface area (Å²) >= 11 is 0. The molecule has 1 aliphatic rings. The van der Waals surface area contributed by atoms with Crippen molar-refractivity contribution in [1.29, 1.82) is 0 Å². The van der Waals surface area contributed by atoms with Crippen molar-refractivity contribution in [2.75, 3.05) is 0 Å². The van der Waals surface area contributed by atoms with Crippen molar-refractivity contribution in [1.82, 2.24) is 5.32 Å². The Hall–Kier alpha value is -0.960. The van der Waals surface area contributed by atoms with Crippen LogP contribution in [0.25, 0.3) is 0 Å². The molecule has 14 heavy (non-hydrogen) atoms. The maximum Gasteiger partial charge on any atom is 0.128 e. The first-order valence-corrected chi connectivity index (χ1v) is 4.88. The first-order valence-electron chi connectivity index (χ1n) is 4.88. The fourth-order valence-corrected chi connectivity index (χ4v) is 1.54. The van der Waals surface area contributed by atoms with Crippen molar-refractivity contribution in [2.45, 2.75) is 31.8 Å². The molecular weight excluding hydrogens is 184 g/mol. The molecule has 0 saturated heterocycles. The normalized spacial score (nSPS) is 18.2. The minimum absolute atomic E-state index is 0.113. The summed E-state index contributed by atoms with van der Waals surface area (Å²) < 4.78 is 26.2. The first-order chi connectivity index (χ1) is 6.66. The summed E-state index contributed by atoms with van der Waals surface area (Å²) in [6, 6.07) is 3.96. The van der Waals surface area contributed by atoms with Crippen LogP contribution >= 0.6 is 0 Å². The molecule has 0 amide bonds. The van der Waals surface area contributed by atoms with Gasteiger partial charge in [0, 0.05) is 17.6 Å². The summed E-state index contributed by atoms with van der Waals surface area (Å²) in [5.74, 6) is -0.724. The fraction of sp³-hybridized carbons (Fsp3) is 0.455. The maximum absolute atomic E-state index is 13.3. The zero-order valence-electron chi connectivity index (χ0n) is 8.06. The van der Waals surface area contributed by atoms with Crippen LogP contribution < -0.4 is 5.32 Å². The minimum Gasteiger partial charge on any atom is -0.307 e. The van der Waals surface area contributed by atoms with Gasteiger partial charge in [0.1, 0.15) is 11.6 Å². The van der Waals surface area contributed by atoms with Gasteiger partial charge in [-0.25, -0.2) is 8.78 Å². The molecule has 1 nitrogen and oxygen atoms in total. The number of benzene rings is 1. The molecule has 2 rings (SSSR count). The topological polar surface area (TPSA) is 12.0 Å². The molecule has 0 bridgehead atoms. The molecule has 1 aromatic rings. The number of nitrogens with one attached hydrogen (secondary N) is 1. The van der Waals surface area contributed by atoms with E-state index >= 15 is 0 Å². The largest absolute Gasteiger partial charge is 0.307 e. The van der Waals surface area contributed by atoms with Gasteiger partial charge < -0.3 is 5.32 Å². The van der Waals surface area contributed by atoms with E-state index in [0.29, 0.717) is 11.6 Å². The molecule has 76 valence electrons. The summed E-state index contributed by atoms with van der Waals surface area (Å²) in [5, 5.41) is 3.23. The second-order valence-electron chi connectivity index (χ2n) is 3.83. The molecule has 1 N–H and O–H groups in total. The van der Waals surface area contributed by atoms with Gasteiger partial charge in [-0.05, 0) is 38.0 Å². The van der Waals surface area contributed by atoms with E-state index in [1.165, 1.54) is 12.1 Å². The van der Waals surface area contributed by atoms with E-state index in [2.05, 4.69) is 5.32 Å². The molecule has 1 aromatic carbocycles. The van der Waals surface area contributed by atoms with Gasteiger partial charge in [0.25, 0.3) is 0 Å². The third-order valence-electron chi connectivity index (χ3n) is 2.49. The van der Waals surface area contributed by atoms with Crippen LogP contribution in [-0.4, -0.2) is 6.04 Å². The lowest BCUT2D eigenvalue weighted by atomic mass is 10.1. The van der Waals surface area contributed by atoms with Crippen molar-refractivity contribution < 1.29 is 8.78 Å². The van der Waals surface area contributed by atoms with E-state index in [1.54, 1.807) is 0 Å². The van der Waals surface area contributed by atoms with Crippen LogP contribution in [0.1, 0.15) is 31.4 Å². The minimum atomic E-state index is -0.383. The van der Waals surface area contributed by atoms with Gasteiger partial charge in [-0.3, -0.25) is 0 Å². The standard InChI is InChI=1S/C11H13F2N/c1-7(14-9-3-4-9)10-6-8(12)2-5-11(10)13/h2,5-7,9,14H,3-4H2,1H3. The van der Waals surface area contributed by atoms with Gasteiger partial charge in [-0.2, -0.15) is 0 Å². The second kappa shape index (κ2) is 3.65. The molecular formula is C11H13F2N. The lowest BCUT2D eigenvalue weighted by Gasteiger charge is -2.14. The number of halogens is 2. The van der Waals surface area contributed by atoms with Crippen LogP contribution in [0.5, 0.6) is 0 Å². The summed E-state index contributed by atoms with van der Waals surface area (Å²) in [7, 11) is 0. The van der Waals surface area contributed by atoms with E-state index in [4.69, 9.17) is 0 Å². The summed E-state index contributed by atoms with van der Waals surface area (Å²) in [5.41, 5.74) is 0.414. The Balaban J connectivity index is 2.15. The second-order valence-corrected chi connectivity index (χ2v) is 3.83. The van der Waals surface area contributed by atoms with Crippen molar-refractivity contribution in [2.24, 2.45) is 0 Å². The number of rotatable bonds is 3. The number of hydrogen-bond donors (Lipinski definition) is 1. The van der Waals surface area contributed by atoms with Gasteiger partial charge in [0.2, 0.25) is 0 Å². The SMILES string of the molecule is CC(NC1CC1)c1cc(F)ccc1F. The first kappa shape index (κ1) is 9.59. The van der Waals surface area contributed by atoms with Crippen molar-refractivity contribution in [3.63, 3.8) is 0 Å². The zero-order valence-corrected chi connectivity index (χ0v) is 8.06. The third kappa shape index (κ3) is 2.10. The molecule has 1 unspecified atom stereocenters. The maximum atomic E-state index is 13.3. The molecule has 1 aliphatic carbocycles. The Bertz CT molecular complexity index is 334. The molecule has 0 spiro atoms. The predicted molar refractivity (Wildman–Crippen MR) is 50.9 cm³/mol. The van der Waals surface area contributed by atoms with Crippen LogP contribution in [0.3, 0.4) is 0 Å². The Morgan fingerprint density at radius 2 is 2.07 bits per heavy atom. The Morgan fingerprint density at radius 1 is 1.36 bits per heavy atom. The van der Waals surface area contributed by atoms with E-state index < -0.39 is 0 Å². The van der Waals surface area contributed by atoms with Gasteiger partial charge in [-0.1, -0.05) is 0 Å². The molecule has 0 aliphatic heterocycles. The van der Waals surface area contributed by atoms with Crippen LogP contribution in [0, 0.1) is 11.6 Å². The fourth-order valence-electron chi connectivity index (χ4n) is 1.54. The van der Waals surface area contributed by atoms with Crippen molar-refractivity contribution in [3.8, 4) is 0 Å². The molecule has 0 heterocycles. The molecule has 3 heteroatoms. The predicted octanol–water partition coefficient (Wildman–Crippen LogP) is 2.78. The Kier molecular flexibility index (Phi) is 2.50. The van der Waals surface area contributed by atoms with Gasteiger partial charge in [0.05, 0.1) is 0 Å². The van der Waals surface area contributed by atoms with Crippen LogP contribution in [0.2, 0.25) is 0 Å². The summed E-state index contributed by atoms with van der Waals surface area (Å²) in [6.07, 6.45) is 2.28. The smallest absolute Gasteiger partial charge is 0.128 e. The number of hydrogen-bond acceptors (Lipinski definition) is 1. The van der Waals surface area contributed by atoms with Gasteiger partial charge >= 0.3 is 0 Å². The van der Waals surface area contributed by atoms with Crippen molar-refractivity contribution in [3.05, 3.63) is 35.4 Å². The van der Waals surface area contributed by atoms with E-state index in [9.17, 15) is 8.78 Å². The molecule has 1 saturated carbocycles. The van der Waals surface area contributed by atoms with Crippen LogP contribution in [0.4, 0.5) is 8.78 Å². The highest BCUT2D eigenvalue weighted by molar-refractivity contribution is 5.22. The average molecular weight is 197 g/mol. The lowest BCUT2D eigenvalue weighted by molar-refractivity contribution is 0.517. The van der Waals surface area contributed by atoms with Gasteiger partial charge in [0.15, 0.2) is 0 Å². The van der Waals surface area contributed by atoms with E-state index in [-0.39, 0.29) is 17.7 Å². The molecule has 0 aromatic heterocycles. The lowest BCUT2D eigenvalue weighted by Crippen LogP contribution is -2.21. The van der Waals surface area contributed by atoms with Gasteiger partial charge in [-0.15, -0.1) is 0 Å². The Morgan fingerprint density at radius 3 is 2.71 bits per heavy atom. The van der Waals surface area contributed by atoms with Crippen molar-refractivity contribution >= 4 is 0 Å². The highest BCUT2D eigenvalue weighted by Gasteiger charge is 2.24. The quantitative estimate of drug-likeness (QED) is 0.785. The monoisotopic (exact) mass is 197 g/mol. The Labute approximate surface area is 82.1 Å². The molecule has 1 atom stereocenters. The average Bonchev–Trinajstić information content (AvgIpc) is 2.93. The van der Waals surface area contributed by atoms with E-state index in [0.717, 1.165) is 18.9 Å². The molecule has 0 radical (unpaired) electrons. The highest BCUT2D eigenvalue weighted by atomic mass is 19.1. The summed E-state index contributed by atoms with van der Waals surface area (Å²) in [6.45, 7) is 1.86. The van der Waals surface area contributed by atoms with Crippen LogP contribution in [-0.2, 0) is 0 Å². The van der Waals surface area contributed by atoms with E-state index in [1.807, 2.05) is 6.92 Å². The molecule has 1 fully saturated rings. The zero-order chi connectivity index (χ0) is 10.1. The van der Waals surface area contributed by atoms with Crippen LogP contribution in [0.15, 0.2) is 18.2 Å². The third-order valence-corrected chi connectivity index (χ3v) is 2.49.